The molecule has 1 saturated carbocycles. The van der Waals surface area contributed by atoms with Crippen LogP contribution in [-0.4, -0.2) is 37.7 Å². The molecular weight excluding hydrogens is 186 g/mol. The first-order valence-electron chi connectivity index (χ1n) is 6.58. The summed E-state index contributed by atoms with van der Waals surface area (Å²) < 4.78 is 5.56. The molecule has 0 amide bonds. The zero-order chi connectivity index (χ0) is 10.7. The third-order valence-corrected chi connectivity index (χ3v) is 4.33. The fourth-order valence-corrected chi connectivity index (χ4v) is 3.42. The molecule has 0 aromatic rings. The molecule has 0 radical (unpaired) electrons. The summed E-state index contributed by atoms with van der Waals surface area (Å²) in [6.45, 7) is 10.2. The van der Waals surface area contributed by atoms with Crippen molar-refractivity contribution in [2.45, 2.75) is 39.5 Å². The molecule has 1 saturated heterocycles. The maximum Gasteiger partial charge on any atom is 0.0494 e. The molecule has 0 bridgehead atoms. The van der Waals surface area contributed by atoms with Gasteiger partial charge >= 0.3 is 0 Å². The summed E-state index contributed by atoms with van der Waals surface area (Å²) in [5, 5.41) is 0. The normalized spacial score (nSPS) is 36.8. The first kappa shape index (κ1) is 11.4. The number of hydrogen-bond acceptors (Lipinski definition) is 2. The van der Waals surface area contributed by atoms with E-state index in [1.54, 1.807) is 0 Å². The van der Waals surface area contributed by atoms with Gasteiger partial charge in [-0.05, 0) is 57.0 Å². The topological polar surface area (TPSA) is 12.5 Å². The van der Waals surface area contributed by atoms with E-state index in [2.05, 4.69) is 18.7 Å². The van der Waals surface area contributed by atoms with Gasteiger partial charge in [0.05, 0.1) is 0 Å². The molecule has 2 nitrogen and oxygen atoms in total. The smallest absolute Gasteiger partial charge is 0.0494 e. The van der Waals surface area contributed by atoms with Crippen LogP contribution in [0.4, 0.5) is 0 Å². The van der Waals surface area contributed by atoms with Crippen molar-refractivity contribution in [1.29, 1.82) is 0 Å². The molecule has 0 aromatic heterocycles. The second kappa shape index (κ2) is 4.84. The molecule has 2 rings (SSSR count). The Morgan fingerprint density at radius 2 is 2.20 bits per heavy atom. The SMILES string of the molecule is CCOCC1CCC2(CCN(CC)C2)C1. The number of nitrogens with zero attached hydrogens (tertiary/aromatic N) is 1. The van der Waals surface area contributed by atoms with Gasteiger partial charge in [-0.25, -0.2) is 0 Å². The molecule has 2 unspecified atom stereocenters. The van der Waals surface area contributed by atoms with Crippen molar-refractivity contribution in [2.75, 3.05) is 32.8 Å². The molecular formula is C13H25NO. The Hall–Kier alpha value is -0.0800. The van der Waals surface area contributed by atoms with Crippen LogP contribution in [-0.2, 0) is 4.74 Å². The minimum absolute atomic E-state index is 0.678. The molecule has 1 heterocycles. The number of likely N-dealkylation sites (tertiary alicyclic amines) is 1. The van der Waals surface area contributed by atoms with Crippen LogP contribution in [0.1, 0.15) is 39.5 Å². The van der Waals surface area contributed by atoms with Gasteiger partial charge in [-0.2, -0.15) is 0 Å². The third-order valence-electron chi connectivity index (χ3n) is 4.33. The fraction of sp³-hybridized carbons (Fsp3) is 1.00. The molecule has 2 fully saturated rings. The first-order valence-corrected chi connectivity index (χ1v) is 6.58. The van der Waals surface area contributed by atoms with E-state index in [9.17, 15) is 0 Å². The first-order chi connectivity index (χ1) is 7.28. The molecule has 2 aliphatic rings. The minimum Gasteiger partial charge on any atom is -0.381 e. The van der Waals surface area contributed by atoms with Crippen molar-refractivity contribution >= 4 is 0 Å². The average molecular weight is 211 g/mol. The summed E-state index contributed by atoms with van der Waals surface area (Å²) in [6.07, 6.45) is 5.70. The van der Waals surface area contributed by atoms with Crippen molar-refractivity contribution in [3.63, 3.8) is 0 Å². The summed E-state index contributed by atoms with van der Waals surface area (Å²) in [4.78, 5) is 2.61. The fourth-order valence-electron chi connectivity index (χ4n) is 3.42. The van der Waals surface area contributed by atoms with Gasteiger partial charge in [-0.3, -0.25) is 0 Å². The lowest BCUT2D eigenvalue weighted by atomic mass is 9.84. The van der Waals surface area contributed by atoms with E-state index in [1.165, 1.54) is 45.3 Å². The molecule has 1 aliphatic heterocycles. The highest BCUT2D eigenvalue weighted by Gasteiger charge is 2.43. The summed E-state index contributed by atoms with van der Waals surface area (Å²) >= 11 is 0. The highest BCUT2D eigenvalue weighted by Crippen LogP contribution is 2.47. The Balaban J connectivity index is 1.81. The van der Waals surface area contributed by atoms with Crippen LogP contribution in [0.25, 0.3) is 0 Å². The van der Waals surface area contributed by atoms with Gasteiger partial charge in [0.25, 0.3) is 0 Å². The monoisotopic (exact) mass is 211 g/mol. The molecule has 2 heteroatoms. The lowest BCUT2D eigenvalue weighted by Gasteiger charge is -2.23. The lowest BCUT2D eigenvalue weighted by Crippen LogP contribution is -2.25. The van der Waals surface area contributed by atoms with Gasteiger partial charge in [0.2, 0.25) is 0 Å². The van der Waals surface area contributed by atoms with Crippen molar-refractivity contribution in [3.05, 3.63) is 0 Å². The predicted molar refractivity (Wildman–Crippen MR) is 63.0 cm³/mol. The van der Waals surface area contributed by atoms with Crippen LogP contribution >= 0.6 is 0 Å². The molecule has 0 N–H and O–H groups in total. The van der Waals surface area contributed by atoms with Crippen molar-refractivity contribution in [2.24, 2.45) is 11.3 Å². The average Bonchev–Trinajstić information content (AvgIpc) is 2.84. The van der Waals surface area contributed by atoms with E-state index in [4.69, 9.17) is 4.74 Å². The summed E-state index contributed by atoms with van der Waals surface area (Å²) in [6, 6.07) is 0. The van der Waals surface area contributed by atoms with Crippen molar-refractivity contribution in [1.82, 2.24) is 4.90 Å². The highest BCUT2D eigenvalue weighted by molar-refractivity contribution is 4.95. The maximum atomic E-state index is 5.56. The largest absolute Gasteiger partial charge is 0.381 e. The maximum absolute atomic E-state index is 5.56. The van der Waals surface area contributed by atoms with Gasteiger partial charge in [0.1, 0.15) is 0 Å². The zero-order valence-electron chi connectivity index (χ0n) is 10.3. The van der Waals surface area contributed by atoms with Crippen molar-refractivity contribution < 1.29 is 4.74 Å². The van der Waals surface area contributed by atoms with E-state index < -0.39 is 0 Å². The number of rotatable bonds is 4. The van der Waals surface area contributed by atoms with Crippen LogP contribution in [0.15, 0.2) is 0 Å². The van der Waals surface area contributed by atoms with Crippen LogP contribution in [0, 0.1) is 11.3 Å². The van der Waals surface area contributed by atoms with Gasteiger partial charge in [-0.15, -0.1) is 0 Å². The molecule has 2 atom stereocenters. The van der Waals surface area contributed by atoms with Gasteiger partial charge in [0.15, 0.2) is 0 Å². The van der Waals surface area contributed by atoms with E-state index in [1.807, 2.05) is 0 Å². The minimum atomic E-state index is 0.678. The highest BCUT2D eigenvalue weighted by atomic mass is 16.5. The summed E-state index contributed by atoms with van der Waals surface area (Å²) in [7, 11) is 0. The Morgan fingerprint density at radius 3 is 2.87 bits per heavy atom. The van der Waals surface area contributed by atoms with E-state index in [0.717, 1.165) is 19.1 Å². The Labute approximate surface area is 94.0 Å². The molecule has 1 spiro atoms. The van der Waals surface area contributed by atoms with E-state index in [-0.39, 0.29) is 0 Å². The van der Waals surface area contributed by atoms with Crippen LogP contribution in [0.5, 0.6) is 0 Å². The summed E-state index contributed by atoms with van der Waals surface area (Å²) in [5.41, 5.74) is 0.678. The molecule has 15 heavy (non-hydrogen) atoms. The zero-order valence-corrected chi connectivity index (χ0v) is 10.3. The molecule has 88 valence electrons. The van der Waals surface area contributed by atoms with Crippen molar-refractivity contribution in [3.8, 4) is 0 Å². The van der Waals surface area contributed by atoms with Gasteiger partial charge in [-0.1, -0.05) is 6.92 Å². The molecule has 0 aromatic carbocycles. The lowest BCUT2D eigenvalue weighted by molar-refractivity contribution is 0.107. The predicted octanol–water partition coefficient (Wildman–Crippen LogP) is 2.54. The standard InChI is InChI=1S/C13H25NO/c1-3-14-8-7-13(11-14)6-5-12(9-13)10-15-4-2/h12H,3-11H2,1-2H3. The Kier molecular flexibility index (Phi) is 3.68. The third kappa shape index (κ3) is 2.54. The van der Waals surface area contributed by atoms with Crippen LogP contribution in [0.3, 0.4) is 0 Å². The summed E-state index contributed by atoms with van der Waals surface area (Å²) in [5.74, 6) is 0.849. The second-order valence-electron chi connectivity index (χ2n) is 5.39. The Bertz CT molecular complexity index is 207. The van der Waals surface area contributed by atoms with Gasteiger partial charge < -0.3 is 9.64 Å². The van der Waals surface area contributed by atoms with E-state index in [0.29, 0.717) is 5.41 Å². The van der Waals surface area contributed by atoms with Crippen LogP contribution < -0.4 is 0 Å². The van der Waals surface area contributed by atoms with Gasteiger partial charge in [0, 0.05) is 19.8 Å². The van der Waals surface area contributed by atoms with Crippen LogP contribution in [0.2, 0.25) is 0 Å². The Morgan fingerprint density at radius 1 is 1.33 bits per heavy atom. The number of hydrogen-bond donors (Lipinski definition) is 0. The second-order valence-corrected chi connectivity index (χ2v) is 5.39. The van der Waals surface area contributed by atoms with E-state index >= 15 is 0 Å². The quantitative estimate of drug-likeness (QED) is 0.708. The molecule has 1 aliphatic carbocycles. The number of ether oxygens (including phenoxy) is 1.